The highest BCUT2D eigenvalue weighted by Gasteiger charge is 2.60. The SMILES string of the molecule is Cc1ccn(CC23C[C@H]4C[C@@H](C2)CC(C(=O)O)(C4)C3)n1. The molecule has 4 bridgehead atoms. The fourth-order valence-electron chi connectivity index (χ4n) is 5.78. The van der Waals surface area contributed by atoms with Gasteiger partial charge in [-0.25, -0.2) is 0 Å². The van der Waals surface area contributed by atoms with E-state index in [0.29, 0.717) is 11.8 Å². The zero-order chi connectivity index (χ0) is 14.0. The van der Waals surface area contributed by atoms with Gasteiger partial charge in [-0.05, 0) is 68.8 Å². The summed E-state index contributed by atoms with van der Waals surface area (Å²) in [6.07, 6.45) is 8.41. The van der Waals surface area contributed by atoms with Crippen LogP contribution in [0.5, 0.6) is 0 Å². The lowest BCUT2D eigenvalue weighted by Gasteiger charge is -2.60. The highest BCUT2D eigenvalue weighted by Crippen LogP contribution is 2.65. The Labute approximate surface area is 119 Å². The maximum Gasteiger partial charge on any atom is 0.309 e. The predicted molar refractivity (Wildman–Crippen MR) is 74.1 cm³/mol. The van der Waals surface area contributed by atoms with Crippen molar-refractivity contribution in [1.82, 2.24) is 9.78 Å². The van der Waals surface area contributed by atoms with Crippen molar-refractivity contribution >= 4 is 5.97 Å². The number of nitrogens with zero attached hydrogens (tertiary/aromatic N) is 2. The minimum absolute atomic E-state index is 0.181. The van der Waals surface area contributed by atoms with Crippen LogP contribution in [-0.2, 0) is 11.3 Å². The zero-order valence-electron chi connectivity index (χ0n) is 12.0. The molecule has 0 aromatic carbocycles. The average Bonchev–Trinajstić information content (AvgIpc) is 2.71. The molecule has 4 atom stereocenters. The Morgan fingerprint density at radius 1 is 1.40 bits per heavy atom. The van der Waals surface area contributed by atoms with Crippen LogP contribution in [0.4, 0.5) is 0 Å². The van der Waals surface area contributed by atoms with Crippen LogP contribution in [0.15, 0.2) is 12.3 Å². The molecular weight excluding hydrogens is 252 g/mol. The summed E-state index contributed by atoms with van der Waals surface area (Å²) in [5.74, 6) is 0.709. The number of aliphatic carboxylic acids is 1. The number of hydrogen-bond donors (Lipinski definition) is 1. The van der Waals surface area contributed by atoms with Crippen LogP contribution < -0.4 is 0 Å². The fourth-order valence-corrected chi connectivity index (χ4v) is 5.78. The van der Waals surface area contributed by atoms with Crippen LogP contribution in [0.3, 0.4) is 0 Å². The zero-order valence-corrected chi connectivity index (χ0v) is 12.0. The first kappa shape index (κ1) is 12.4. The number of aromatic nitrogens is 2. The van der Waals surface area contributed by atoms with Gasteiger partial charge in [0.25, 0.3) is 0 Å². The van der Waals surface area contributed by atoms with Gasteiger partial charge in [0.2, 0.25) is 0 Å². The van der Waals surface area contributed by atoms with Gasteiger partial charge in [-0.3, -0.25) is 9.48 Å². The molecule has 4 heteroatoms. The van der Waals surface area contributed by atoms with E-state index in [0.717, 1.165) is 31.5 Å². The number of carbonyl (C=O) groups is 1. The van der Waals surface area contributed by atoms with Gasteiger partial charge in [0.05, 0.1) is 11.1 Å². The molecule has 1 heterocycles. The first-order chi connectivity index (χ1) is 9.49. The van der Waals surface area contributed by atoms with Crippen LogP contribution in [-0.4, -0.2) is 20.9 Å². The summed E-state index contributed by atoms with van der Waals surface area (Å²) < 4.78 is 2.04. The van der Waals surface area contributed by atoms with Gasteiger partial charge in [-0.2, -0.15) is 5.10 Å². The molecule has 0 aliphatic heterocycles. The molecule has 0 saturated heterocycles. The topological polar surface area (TPSA) is 55.1 Å². The molecule has 108 valence electrons. The first-order valence-electron chi connectivity index (χ1n) is 7.72. The minimum atomic E-state index is -0.548. The maximum absolute atomic E-state index is 11.8. The van der Waals surface area contributed by atoms with Gasteiger partial charge >= 0.3 is 5.97 Å². The molecule has 4 aliphatic rings. The van der Waals surface area contributed by atoms with Gasteiger partial charge in [0.1, 0.15) is 0 Å². The van der Waals surface area contributed by atoms with Crippen molar-refractivity contribution < 1.29 is 9.90 Å². The molecular formula is C16H22N2O2. The van der Waals surface area contributed by atoms with Crippen LogP contribution in [0.1, 0.15) is 44.2 Å². The summed E-state index contributed by atoms with van der Waals surface area (Å²) in [5, 5.41) is 14.3. The molecule has 1 aromatic rings. The predicted octanol–water partition coefficient (Wildman–Crippen LogP) is 2.86. The lowest BCUT2D eigenvalue weighted by molar-refractivity contribution is -0.176. The molecule has 2 unspecified atom stereocenters. The van der Waals surface area contributed by atoms with Crippen LogP contribution >= 0.6 is 0 Å². The van der Waals surface area contributed by atoms with E-state index < -0.39 is 11.4 Å². The molecule has 0 radical (unpaired) electrons. The number of hydrogen-bond acceptors (Lipinski definition) is 2. The highest BCUT2D eigenvalue weighted by atomic mass is 16.4. The van der Waals surface area contributed by atoms with E-state index in [-0.39, 0.29) is 5.41 Å². The standard InChI is InChI=1S/C16H22N2O2/c1-11-2-3-18(17-11)10-15-5-12-4-13(6-15)8-16(7-12,9-15)14(19)20/h2-3,12-13H,4-10H2,1H3,(H,19,20)/t12-,13+,15?,16?. The normalized spacial score (nSPS) is 42.0. The van der Waals surface area contributed by atoms with Gasteiger partial charge in [0.15, 0.2) is 0 Å². The third-order valence-electron chi connectivity index (χ3n) is 5.91. The minimum Gasteiger partial charge on any atom is -0.481 e. The van der Waals surface area contributed by atoms with Crippen molar-refractivity contribution in [3.63, 3.8) is 0 Å². The summed E-state index contributed by atoms with van der Waals surface area (Å²) in [6, 6.07) is 2.04. The number of aryl methyl sites for hydroxylation is 1. The Balaban J connectivity index is 1.66. The lowest BCUT2D eigenvalue weighted by Crippen LogP contribution is -2.56. The summed E-state index contributed by atoms with van der Waals surface area (Å²) >= 11 is 0. The quantitative estimate of drug-likeness (QED) is 0.922. The van der Waals surface area contributed by atoms with Gasteiger partial charge in [-0.1, -0.05) is 0 Å². The van der Waals surface area contributed by atoms with E-state index >= 15 is 0 Å². The molecule has 4 saturated carbocycles. The molecule has 0 spiro atoms. The molecule has 4 aliphatic carbocycles. The number of carboxylic acid groups (broad SMARTS) is 1. The van der Waals surface area contributed by atoms with Crippen molar-refractivity contribution in [2.75, 3.05) is 0 Å². The van der Waals surface area contributed by atoms with E-state index in [9.17, 15) is 9.90 Å². The van der Waals surface area contributed by atoms with Crippen LogP contribution in [0.25, 0.3) is 0 Å². The summed E-state index contributed by atoms with van der Waals surface area (Å²) in [7, 11) is 0. The Kier molecular flexibility index (Phi) is 2.40. The van der Waals surface area contributed by atoms with E-state index in [4.69, 9.17) is 0 Å². The van der Waals surface area contributed by atoms with Crippen LogP contribution in [0, 0.1) is 29.6 Å². The van der Waals surface area contributed by atoms with E-state index in [2.05, 4.69) is 5.10 Å². The Bertz CT molecular complexity index is 549. The Morgan fingerprint density at radius 2 is 2.10 bits per heavy atom. The Hall–Kier alpha value is -1.32. The van der Waals surface area contributed by atoms with E-state index in [1.165, 1.54) is 19.3 Å². The number of rotatable bonds is 3. The molecule has 20 heavy (non-hydrogen) atoms. The molecule has 1 N–H and O–H groups in total. The molecule has 1 aromatic heterocycles. The summed E-state index contributed by atoms with van der Waals surface area (Å²) in [6.45, 7) is 2.91. The van der Waals surface area contributed by atoms with Gasteiger partial charge in [0, 0.05) is 12.7 Å². The summed E-state index contributed by atoms with van der Waals surface area (Å²) in [4.78, 5) is 11.8. The third kappa shape index (κ3) is 1.73. The lowest BCUT2D eigenvalue weighted by atomic mass is 9.44. The van der Waals surface area contributed by atoms with Crippen molar-refractivity contribution in [2.45, 2.75) is 52.0 Å². The monoisotopic (exact) mass is 274 g/mol. The second-order valence-corrected chi connectivity index (χ2v) is 7.70. The molecule has 0 amide bonds. The van der Waals surface area contributed by atoms with Crippen molar-refractivity contribution in [2.24, 2.45) is 22.7 Å². The van der Waals surface area contributed by atoms with E-state index in [1.54, 1.807) is 0 Å². The molecule has 4 nitrogen and oxygen atoms in total. The summed E-state index contributed by atoms with van der Waals surface area (Å²) in [5.41, 5.74) is 0.801. The highest BCUT2D eigenvalue weighted by molar-refractivity contribution is 5.75. The maximum atomic E-state index is 11.8. The van der Waals surface area contributed by atoms with Crippen molar-refractivity contribution in [3.8, 4) is 0 Å². The van der Waals surface area contributed by atoms with Crippen molar-refractivity contribution in [1.29, 1.82) is 0 Å². The average molecular weight is 274 g/mol. The fraction of sp³-hybridized carbons (Fsp3) is 0.750. The molecule has 5 rings (SSSR count). The van der Waals surface area contributed by atoms with Crippen molar-refractivity contribution in [3.05, 3.63) is 18.0 Å². The smallest absolute Gasteiger partial charge is 0.309 e. The van der Waals surface area contributed by atoms with Gasteiger partial charge in [-0.15, -0.1) is 0 Å². The second-order valence-electron chi connectivity index (χ2n) is 7.70. The third-order valence-corrected chi connectivity index (χ3v) is 5.91. The second kappa shape index (κ2) is 3.86. The molecule has 4 fully saturated rings. The Morgan fingerprint density at radius 3 is 2.65 bits per heavy atom. The number of carboxylic acids is 1. The van der Waals surface area contributed by atoms with Gasteiger partial charge < -0.3 is 5.11 Å². The largest absolute Gasteiger partial charge is 0.481 e. The van der Waals surface area contributed by atoms with Crippen LogP contribution in [0.2, 0.25) is 0 Å². The van der Waals surface area contributed by atoms with E-state index in [1.807, 2.05) is 23.9 Å². The first-order valence-corrected chi connectivity index (χ1v) is 7.72.